The Balaban J connectivity index is 2.04. The van der Waals surface area contributed by atoms with E-state index in [2.05, 4.69) is 26.3 Å². The summed E-state index contributed by atoms with van der Waals surface area (Å²) < 4.78 is 49.0. The molecule has 2 aromatic rings. The molecule has 2 amide bonds. The molecule has 0 bridgehead atoms. The molecular weight excluding hydrogens is 459 g/mol. The van der Waals surface area contributed by atoms with Gasteiger partial charge in [0.05, 0.1) is 30.5 Å². The summed E-state index contributed by atoms with van der Waals surface area (Å²) in [6, 6.07) is 7.12. The fourth-order valence-electron chi connectivity index (χ4n) is 2.16. The van der Waals surface area contributed by atoms with E-state index in [1.54, 1.807) is 12.1 Å². The van der Waals surface area contributed by atoms with Crippen molar-refractivity contribution in [3.05, 3.63) is 52.0 Å². The second-order valence-electron chi connectivity index (χ2n) is 5.46. The standard InChI is InChI=1S/C18H15BrF3N3O4/c1-28-14-8-15(29-2)13(19)6-10(14)9-23-25-17(27)16(26)24-12-5-3-4-11(7-12)18(20,21)22/h3-9H,1-2H3,(H,24,26)(H,25,27)/b23-9+. The van der Waals surface area contributed by atoms with Crippen LogP contribution in [0.3, 0.4) is 0 Å². The number of hydrogen-bond acceptors (Lipinski definition) is 5. The van der Waals surface area contributed by atoms with Gasteiger partial charge in [0.2, 0.25) is 0 Å². The molecule has 0 saturated carbocycles. The van der Waals surface area contributed by atoms with E-state index < -0.39 is 23.6 Å². The van der Waals surface area contributed by atoms with Gasteiger partial charge in [-0.15, -0.1) is 0 Å². The lowest BCUT2D eigenvalue weighted by Crippen LogP contribution is -2.32. The van der Waals surface area contributed by atoms with Crippen LogP contribution < -0.4 is 20.2 Å². The highest BCUT2D eigenvalue weighted by atomic mass is 79.9. The third-order valence-electron chi connectivity index (χ3n) is 3.53. The number of carbonyl (C=O) groups is 2. The summed E-state index contributed by atoms with van der Waals surface area (Å²) in [7, 11) is 2.91. The maximum absolute atomic E-state index is 12.7. The minimum absolute atomic E-state index is 0.176. The first-order valence-corrected chi connectivity index (χ1v) is 8.68. The van der Waals surface area contributed by atoms with E-state index in [1.165, 1.54) is 26.5 Å². The summed E-state index contributed by atoms with van der Waals surface area (Å²) >= 11 is 3.30. The molecule has 11 heteroatoms. The van der Waals surface area contributed by atoms with Crippen LogP contribution in [0.2, 0.25) is 0 Å². The highest BCUT2D eigenvalue weighted by Gasteiger charge is 2.30. The first-order chi connectivity index (χ1) is 13.7. The second kappa shape index (κ2) is 9.41. The van der Waals surface area contributed by atoms with E-state index in [4.69, 9.17) is 9.47 Å². The molecule has 0 aliphatic heterocycles. The van der Waals surface area contributed by atoms with Crippen molar-refractivity contribution in [2.75, 3.05) is 19.5 Å². The van der Waals surface area contributed by atoms with Gasteiger partial charge in [0, 0.05) is 17.3 Å². The average Bonchev–Trinajstić information content (AvgIpc) is 2.67. The topological polar surface area (TPSA) is 89.0 Å². The van der Waals surface area contributed by atoms with Crippen molar-refractivity contribution in [1.29, 1.82) is 0 Å². The lowest BCUT2D eigenvalue weighted by molar-refractivity contribution is -0.137. The number of hydrazone groups is 1. The van der Waals surface area contributed by atoms with Gasteiger partial charge in [0.25, 0.3) is 0 Å². The van der Waals surface area contributed by atoms with Gasteiger partial charge in [0.1, 0.15) is 11.5 Å². The largest absolute Gasteiger partial charge is 0.496 e. The van der Waals surface area contributed by atoms with Crippen LogP contribution in [0.15, 0.2) is 46.0 Å². The Bertz CT molecular complexity index is 948. The molecule has 2 aromatic carbocycles. The SMILES string of the molecule is COc1cc(OC)c(/C=N/NC(=O)C(=O)Nc2cccc(C(F)(F)F)c2)cc1Br. The number of benzene rings is 2. The van der Waals surface area contributed by atoms with Gasteiger partial charge in [-0.05, 0) is 40.2 Å². The van der Waals surface area contributed by atoms with Crippen LogP contribution in [-0.2, 0) is 15.8 Å². The monoisotopic (exact) mass is 473 g/mol. The predicted octanol–water partition coefficient (Wildman–Crippen LogP) is 3.57. The highest BCUT2D eigenvalue weighted by molar-refractivity contribution is 9.10. The van der Waals surface area contributed by atoms with Crippen molar-refractivity contribution >= 4 is 39.6 Å². The molecule has 0 aliphatic carbocycles. The molecule has 0 spiro atoms. The zero-order chi connectivity index (χ0) is 21.6. The number of amides is 2. The fraction of sp³-hybridized carbons (Fsp3) is 0.167. The Labute approximate surface area is 172 Å². The number of carbonyl (C=O) groups excluding carboxylic acids is 2. The Hall–Kier alpha value is -3.08. The fourth-order valence-corrected chi connectivity index (χ4v) is 2.68. The number of rotatable bonds is 5. The summed E-state index contributed by atoms with van der Waals surface area (Å²) in [5, 5.41) is 5.74. The maximum Gasteiger partial charge on any atom is 0.416 e. The molecule has 154 valence electrons. The van der Waals surface area contributed by atoms with E-state index >= 15 is 0 Å². The van der Waals surface area contributed by atoms with Gasteiger partial charge in [-0.25, -0.2) is 5.43 Å². The molecule has 2 N–H and O–H groups in total. The minimum atomic E-state index is -4.57. The molecule has 0 radical (unpaired) electrons. The van der Waals surface area contributed by atoms with Crippen LogP contribution in [0.5, 0.6) is 11.5 Å². The number of hydrogen-bond donors (Lipinski definition) is 2. The third kappa shape index (κ3) is 5.95. The van der Waals surface area contributed by atoms with E-state index in [-0.39, 0.29) is 5.69 Å². The molecule has 29 heavy (non-hydrogen) atoms. The van der Waals surface area contributed by atoms with Gasteiger partial charge < -0.3 is 14.8 Å². The first-order valence-electron chi connectivity index (χ1n) is 7.89. The van der Waals surface area contributed by atoms with Gasteiger partial charge in [-0.3, -0.25) is 9.59 Å². The molecule has 2 rings (SSSR count). The van der Waals surface area contributed by atoms with Gasteiger partial charge >= 0.3 is 18.0 Å². The number of alkyl halides is 3. The van der Waals surface area contributed by atoms with Crippen LogP contribution in [0, 0.1) is 0 Å². The molecule has 0 heterocycles. The maximum atomic E-state index is 12.7. The van der Waals surface area contributed by atoms with E-state index in [9.17, 15) is 22.8 Å². The summed E-state index contributed by atoms with van der Waals surface area (Å²) in [6.07, 6.45) is -3.34. The van der Waals surface area contributed by atoms with E-state index in [1.807, 2.05) is 5.43 Å². The lowest BCUT2D eigenvalue weighted by atomic mass is 10.2. The van der Waals surface area contributed by atoms with Crippen molar-refractivity contribution in [1.82, 2.24) is 5.43 Å². The summed E-state index contributed by atoms with van der Waals surface area (Å²) in [5.74, 6) is -1.42. The van der Waals surface area contributed by atoms with Crippen molar-refractivity contribution in [3.8, 4) is 11.5 Å². The smallest absolute Gasteiger partial charge is 0.416 e. The second-order valence-corrected chi connectivity index (χ2v) is 6.31. The molecule has 7 nitrogen and oxygen atoms in total. The number of anilines is 1. The number of nitrogens with one attached hydrogen (secondary N) is 2. The van der Waals surface area contributed by atoms with Crippen LogP contribution in [-0.4, -0.2) is 32.2 Å². The Morgan fingerprint density at radius 2 is 1.76 bits per heavy atom. The molecule has 0 atom stereocenters. The van der Waals surface area contributed by atoms with Crippen molar-refractivity contribution < 1.29 is 32.2 Å². The van der Waals surface area contributed by atoms with Crippen LogP contribution in [0.1, 0.15) is 11.1 Å². The first kappa shape index (κ1) is 22.2. The Morgan fingerprint density at radius 3 is 2.38 bits per heavy atom. The van der Waals surface area contributed by atoms with E-state index in [0.29, 0.717) is 27.6 Å². The van der Waals surface area contributed by atoms with Crippen LogP contribution in [0.25, 0.3) is 0 Å². The lowest BCUT2D eigenvalue weighted by Gasteiger charge is -2.10. The number of ether oxygens (including phenoxy) is 2. The Morgan fingerprint density at radius 1 is 1.07 bits per heavy atom. The zero-order valence-electron chi connectivity index (χ0n) is 15.1. The van der Waals surface area contributed by atoms with E-state index in [0.717, 1.165) is 12.1 Å². The molecule has 0 unspecified atom stereocenters. The predicted molar refractivity (Wildman–Crippen MR) is 103 cm³/mol. The number of methoxy groups -OCH3 is 2. The molecule has 0 aliphatic rings. The molecule has 0 fully saturated rings. The average molecular weight is 474 g/mol. The van der Waals surface area contributed by atoms with Crippen molar-refractivity contribution in [2.45, 2.75) is 6.18 Å². The van der Waals surface area contributed by atoms with Gasteiger partial charge in [-0.1, -0.05) is 6.07 Å². The molecule has 0 aromatic heterocycles. The Kier molecular flexibility index (Phi) is 7.21. The summed E-state index contributed by atoms with van der Waals surface area (Å²) in [5.41, 5.74) is 1.33. The van der Waals surface area contributed by atoms with Crippen molar-refractivity contribution in [3.63, 3.8) is 0 Å². The van der Waals surface area contributed by atoms with Crippen molar-refractivity contribution in [2.24, 2.45) is 5.10 Å². The van der Waals surface area contributed by atoms with Gasteiger partial charge in [-0.2, -0.15) is 18.3 Å². The quantitative estimate of drug-likeness (QED) is 0.394. The van der Waals surface area contributed by atoms with Gasteiger partial charge in [0.15, 0.2) is 0 Å². The normalized spacial score (nSPS) is 11.2. The highest BCUT2D eigenvalue weighted by Crippen LogP contribution is 2.32. The minimum Gasteiger partial charge on any atom is -0.496 e. The number of halogens is 4. The molecular formula is C18H15BrF3N3O4. The third-order valence-corrected chi connectivity index (χ3v) is 4.15. The number of nitrogens with zero attached hydrogens (tertiary/aromatic N) is 1. The molecule has 0 saturated heterocycles. The van der Waals surface area contributed by atoms with Crippen LogP contribution in [0.4, 0.5) is 18.9 Å². The zero-order valence-corrected chi connectivity index (χ0v) is 16.7. The summed E-state index contributed by atoms with van der Waals surface area (Å²) in [6.45, 7) is 0. The van der Waals surface area contributed by atoms with Crippen LogP contribution >= 0.6 is 15.9 Å². The summed E-state index contributed by atoms with van der Waals surface area (Å²) in [4.78, 5) is 23.7.